The van der Waals surface area contributed by atoms with E-state index in [1.807, 2.05) is 0 Å². The van der Waals surface area contributed by atoms with Crippen molar-refractivity contribution < 1.29 is 23.1 Å². The van der Waals surface area contributed by atoms with Gasteiger partial charge in [0.25, 0.3) is 5.56 Å². The quantitative estimate of drug-likeness (QED) is 0.780. The van der Waals surface area contributed by atoms with Crippen molar-refractivity contribution in [2.24, 2.45) is 4.99 Å². The zero-order valence-corrected chi connectivity index (χ0v) is 14.5. The molecule has 0 unspecified atom stereocenters. The lowest BCUT2D eigenvalue weighted by Gasteiger charge is -2.17. The number of carboxylic acids is 1. The van der Waals surface area contributed by atoms with Crippen LogP contribution in [-0.4, -0.2) is 34.6 Å². The van der Waals surface area contributed by atoms with Gasteiger partial charge in [-0.05, 0) is 31.2 Å². The molecule has 142 valence electrons. The van der Waals surface area contributed by atoms with E-state index in [4.69, 9.17) is 5.41 Å². The van der Waals surface area contributed by atoms with Crippen LogP contribution in [0.15, 0.2) is 40.1 Å². The molecule has 1 aromatic carbocycles. The summed E-state index contributed by atoms with van der Waals surface area (Å²) >= 11 is 0. The van der Waals surface area contributed by atoms with E-state index < -0.39 is 28.8 Å². The van der Waals surface area contributed by atoms with Gasteiger partial charge in [0.2, 0.25) is 0 Å². The average molecular weight is 379 g/mol. The van der Waals surface area contributed by atoms with Gasteiger partial charge in [0, 0.05) is 42.3 Å². The van der Waals surface area contributed by atoms with Crippen LogP contribution in [0.25, 0.3) is 5.69 Å². The number of carboxylic acid groups (broad SMARTS) is 1. The first-order valence-corrected chi connectivity index (χ1v) is 7.74. The van der Waals surface area contributed by atoms with E-state index in [9.17, 15) is 27.9 Å². The molecule has 0 fully saturated rings. The largest absolute Gasteiger partial charge is 0.477 e. The van der Waals surface area contributed by atoms with Crippen molar-refractivity contribution in [3.63, 3.8) is 0 Å². The normalized spacial score (nSPS) is 12.1. The Balaban J connectivity index is 2.88. The number of halogens is 3. The Morgan fingerprint density at radius 2 is 1.96 bits per heavy atom. The minimum atomic E-state index is -4.61. The number of aliphatic imine (C=N–C) groups is 1. The summed E-state index contributed by atoms with van der Waals surface area (Å²) in [6.07, 6.45) is -3.48. The Kier molecular flexibility index (Phi) is 5.63. The van der Waals surface area contributed by atoms with Crippen molar-refractivity contribution in [1.29, 1.82) is 5.41 Å². The summed E-state index contributed by atoms with van der Waals surface area (Å²) in [6.45, 7) is 1.48. The number of aromatic carboxylic acids is 1. The van der Waals surface area contributed by atoms with Crippen molar-refractivity contribution in [2.75, 3.05) is 7.05 Å². The number of carbonyl (C=O) groups is 1. The number of nitrogens with one attached hydrogen (secondary N) is 1. The van der Waals surface area contributed by atoms with Gasteiger partial charge >= 0.3 is 12.1 Å². The Morgan fingerprint density at radius 3 is 2.48 bits per heavy atom. The highest BCUT2D eigenvalue weighted by Crippen LogP contribution is 2.30. The highest BCUT2D eigenvalue weighted by atomic mass is 19.4. The number of alkyl halides is 3. The molecule has 0 saturated carbocycles. The minimum Gasteiger partial charge on any atom is -0.477 e. The Labute approximate surface area is 152 Å². The highest BCUT2D eigenvalue weighted by Gasteiger charge is 2.31. The van der Waals surface area contributed by atoms with Gasteiger partial charge < -0.3 is 10.5 Å². The molecule has 0 saturated heterocycles. The third-order valence-corrected chi connectivity index (χ3v) is 3.99. The van der Waals surface area contributed by atoms with Gasteiger partial charge in [-0.2, -0.15) is 13.2 Å². The molecule has 9 heteroatoms. The van der Waals surface area contributed by atoms with Gasteiger partial charge in [0.05, 0.1) is 5.56 Å². The molecule has 0 bridgehead atoms. The number of benzene rings is 1. The van der Waals surface area contributed by atoms with Crippen LogP contribution in [-0.2, 0) is 6.18 Å². The monoisotopic (exact) mass is 379 g/mol. The van der Waals surface area contributed by atoms with Crippen LogP contribution in [0.2, 0.25) is 0 Å². The summed E-state index contributed by atoms with van der Waals surface area (Å²) in [7, 11) is 1.44. The Morgan fingerprint density at radius 1 is 1.30 bits per heavy atom. The molecule has 2 aromatic rings. The van der Waals surface area contributed by atoms with Crippen LogP contribution in [0.5, 0.6) is 0 Å². The molecule has 27 heavy (non-hydrogen) atoms. The molecule has 0 aliphatic heterocycles. The Hall–Kier alpha value is -3.23. The number of pyridine rings is 1. The first kappa shape index (κ1) is 20.1. The molecule has 0 aliphatic carbocycles. The van der Waals surface area contributed by atoms with E-state index >= 15 is 0 Å². The fraction of sp³-hybridized carbons (Fsp3) is 0.222. The summed E-state index contributed by atoms with van der Waals surface area (Å²) in [5.41, 5.74) is -1.78. The summed E-state index contributed by atoms with van der Waals surface area (Å²) in [5, 5.41) is 16.6. The molecule has 6 nitrogen and oxygen atoms in total. The molecule has 1 heterocycles. The lowest BCUT2D eigenvalue weighted by atomic mass is 10.0. The van der Waals surface area contributed by atoms with Crippen LogP contribution in [0.3, 0.4) is 0 Å². The molecular weight excluding hydrogens is 363 g/mol. The second kappa shape index (κ2) is 7.56. The molecule has 0 spiro atoms. The molecule has 0 amide bonds. The van der Waals surface area contributed by atoms with Gasteiger partial charge in [-0.1, -0.05) is 6.07 Å². The van der Waals surface area contributed by atoms with Crippen LogP contribution < -0.4 is 5.56 Å². The minimum absolute atomic E-state index is 0.0805. The van der Waals surface area contributed by atoms with Crippen molar-refractivity contribution in [1.82, 2.24) is 4.57 Å². The summed E-state index contributed by atoms with van der Waals surface area (Å²) < 4.78 is 40.0. The topological polar surface area (TPSA) is 95.5 Å². The molecule has 0 radical (unpaired) electrons. The number of hydrogen-bond donors (Lipinski definition) is 2. The van der Waals surface area contributed by atoms with Crippen LogP contribution in [0.1, 0.15) is 33.6 Å². The third-order valence-electron chi connectivity index (χ3n) is 3.99. The van der Waals surface area contributed by atoms with Crippen molar-refractivity contribution in [3.8, 4) is 5.69 Å². The van der Waals surface area contributed by atoms with E-state index in [2.05, 4.69) is 4.99 Å². The molecule has 1 aromatic heterocycles. The number of rotatable bonds is 5. The van der Waals surface area contributed by atoms with Crippen LogP contribution >= 0.6 is 0 Å². The van der Waals surface area contributed by atoms with Gasteiger partial charge in [-0.3, -0.25) is 14.4 Å². The highest BCUT2D eigenvalue weighted by molar-refractivity contribution is 6.08. The Bertz CT molecular complexity index is 992. The second-order valence-electron chi connectivity index (χ2n) is 5.63. The molecule has 2 N–H and O–H groups in total. The summed E-state index contributed by atoms with van der Waals surface area (Å²) in [4.78, 5) is 28.1. The predicted molar refractivity (Wildman–Crippen MR) is 94.6 cm³/mol. The third kappa shape index (κ3) is 3.97. The van der Waals surface area contributed by atoms with Gasteiger partial charge in [0.1, 0.15) is 5.56 Å². The van der Waals surface area contributed by atoms with E-state index in [0.29, 0.717) is 5.71 Å². The van der Waals surface area contributed by atoms with Crippen molar-refractivity contribution in [2.45, 2.75) is 19.5 Å². The zero-order chi connectivity index (χ0) is 20.4. The lowest BCUT2D eigenvalue weighted by molar-refractivity contribution is -0.137. The van der Waals surface area contributed by atoms with Gasteiger partial charge in [-0.25, -0.2) is 4.79 Å². The SMILES string of the molecule is CN=C(CC=N)c1cc(C(=O)O)c(=O)n(-c2cccc(C(F)(F)F)c2)c1C. The van der Waals surface area contributed by atoms with E-state index in [1.165, 1.54) is 20.0 Å². The molecule has 0 aliphatic rings. The molecule has 2 rings (SSSR count). The maximum absolute atomic E-state index is 13.0. The maximum atomic E-state index is 13.0. The standard InChI is InChI=1S/C18H16F3N3O3/c1-10-13(15(23-2)6-7-22)9-14(17(26)27)16(25)24(10)12-5-3-4-11(8-12)18(19,20)21/h3-5,7-9,22H,6H2,1-2H3,(H,26,27). The lowest BCUT2D eigenvalue weighted by Crippen LogP contribution is -2.29. The van der Waals surface area contributed by atoms with Crippen molar-refractivity contribution in [3.05, 3.63) is 63.1 Å². The van der Waals surface area contributed by atoms with Gasteiger partial charge in [-0.15, -0.1) is 0 Å². The number of nitrogens with zero attached hydrogens (tertiary/aromatic N) is 2. The maximum Gasteiger partial charge on any atom is 0.416 e. The van der Waals surface area contributed by atoms with E-state index in [-0.39, 0.29) is 23.4 Å². The number of hydrogen-bond acceptors (Lipinski definition) is 4. The zero-order valence-electron chi connectivity index (χ0n) is 14.5. The van der Waals surface area contributed by atoms with Gasteiger partial charge in [0.15, 0.2) is 0 Å². The fourth-order valence-electron chi connectivity index (χ4n) is 2.70. The smallest absolute Gasteiger partial charge is 0.416 e. The molecule has 0 atom stereocenters. The first-order valence-electron chi connectivity index (χ1n) is 7.74. The second-order valence-corrected chi connectivity index (χ2v) is 5.63. The average Bonchev–Trinajstić information content (AvgIpc) is 2.59. The molecular formula is C18H16F3N3O3. The predicted octanol–water partition coefficient (Wildman–Crippen LogP) is 3.32. The van der Waals surface area contributed by atoms with E-state index in [1.54, 1.807) is 0 Å². The fourth-order valence-corrected chi connectivity index (χ4v) is 2.70. The summed E-state index contributed by atoms with van der Waals surface area (Å²) in [6, 6.07) is 5.21. The number of aromatic nitrogens is 1. The first-order chi connectivity index (χ1) is 12.6. The summed E-state index contributed by atoms with van der Waals surface area (Å²) in [5.74, 6) is -1.51. The van der Waals surface area contributed by atoms with Crippen LogP contribution in [0, 0.1) is 12.3 Å². The van der Waals surface area contributed by atoms with E-state index in [0.717, 1.165) is 35.0 Å². The van der Waals surface area contributed by atoms with Crippen LogP contribution in [0.4, 0.5) is 13.2 Å². The van der Waals surface area contributed by atoms with Crippen molar-refractivity contribution >= 4 is 17.9 Å².